The first-order valence-corrected chi connectivity index (χ1v) is 7.15. The average Bonchev–Trinajstić information content (AvgIpc) is 2.52. The molecular weight excluding hydrogens is 252 g/mol. The monoisotopic (exact) mass is 272 g/mol. The van der Waals surface area contributed by atoms with Crippen LogP contribution in [0.3, 0.4) is 0 Å². The van der Waals surface area contributed by atoms with Gasteiger partial charge in [-0.3, -0.25) is 4.79 Å². The molecule has 0 aliphatic carbocycles. The Hall–Kier alpha value is -1.86. The maximum atomic E-state index is 12.4. The molecule has 2 rings (SSSR count). The number of amides is 1. The van der Waals surface area contributed by atoms with Crippen LogP contribution in [0.2, 0.25) is 0 Å². The highest BCUT2D eigenvalue weighted by atomic mass is 16.5. The van der Waals surface area contributed by atoms with E-state index in [-0.39, 0.29) is 12.0 Å². The van der Waals surface area contributed by atoms with E-state index in [9.17, 15) is 4.79 Å². The quantitative estimate of drug-likeness (QED) is 0.846. The Morgan fingerprint density at radius 2 is 2.20 bits per heavy atom. The molecule has 4 heteroatoms. The maximum Gasteiger partial charge on any atom is 0.253 e. The largest absolute Gasteiger partial charge is 0.376 e. The highest BCUT2D eigenvalue weighted by Crippen LogP contribution is 2.16. The second kappa shape index (κ2) is 7.06. The van der Waals surface area contributed by atoms with Gasteiger partial charge in [0.1, 0.15) is 0 Å². The van der Waals surface area contributed by atoms with Crippen LogP contribution in [0.25, 0.3) is 0 Å². The lowest BCUT2D eigenvalue weighted by molar-refractivity contribution is 0.00211. The summed E-state index contributed by atoms with van der Waals surface area (Å²) in [4.78, 5) is 14.3. The summed E-state index contributed by atoms with van der Waals surface area (Å²) in [5, 5.41) is 8.77. The molecular formula is C16H20N2O2. The number of piperidine rings is 1. The summed E-state index contributed by atoms with van der Waals surface area (Å²) in [7, 11) is 0. The number of hydrogen-bond acceptors (Lipinski definition) is 3. The molecule has 0 aromatic heterocycles. The molecule has 0 spiro atoms. The van der Waals surface area contributed by atoms with Gasteiger partial charge < -0.3 is 9.64 Å². The molecule has 1 saturated heterocycles. The van der Waals surface area contributed by atoms with Gasteiger partial charge in [-0.05, 0) is 43.5 Å². The lowest BCUT2D eigenvalue weighted by atomic mass is 10.1. The summed E-state index contributed by atoms with van der Waals surface area (Å²) in [6, 6.07) is 8.86. The maximum absolute atomic E-state index is 12.4. The van der Waals surface area contributed by atoms with Crippen molar-refractivity contribution in [2.45, 2.75) is 32.3 Å². The number of ether oxygens (including phenoxy) is 1. The number of carbonyl (C=O) groups is 1. The molecule has 106 valence electrons. The highest BCUT2D eigenvalue weighted by Gasteiger charge is 2.24. The van der Waals surface area contributed by atoms with Crippen LogP contribution in [0.15, 0.2) is 24.3 Å². The molecule has 4 nitrogen and oxygen atoms in total. The molecule has 1 aromatic carbocycles. The van der Waals surface area contributed by atoms with Crippen molar-refractivity contribution in [3.63, 3.8) is 0 Å². The lowest BCUT2D eigenvalue weighted by Gasteiger charge is -2.32. The third-order valence-electron chi connectivity index (χ3n) is 3.48. The van der Waals surface area contributed by atoms with Crippen LogP contribution in [-0.4, -0.2) is 36.6 Å². The van der Waals surface area contributed by atoms with Gasteiger partial charge in [0.15, 0.2) is 0 Å². The SMILES string of the molecule is CCCOC1CCCN(C(=O)c2ccc(C#N)cc2)C1. The number of carbonyl (C=O) groups excluding carboxylic acids is 1. The summed E-state index contributed by atoms with van der Waals surface area (Å²) in [6.07, 6.45) is 3.17. The Bertz CT molecular complexity index is 490. The molecule has 1 atom stereocenters. The van der Waals surface area contributed by atoms with Crippen molar-refractivity contribution < 1.29 is 9.53 Å². The van der Waals surface area contributed by atoms with Gasteiger partial charge in [-0.1, -0.05) is 6.92 Å². The van der Waals surface area contributed by atoms with Crippen LogP contribution >= 0.6 is 0 Å². The van der Waals surface area contributed by atoms with E-state index in [1.54, 1.807) is 24.3 Å². The third kappa shape index (κ3) is 3.58. The van der Waals surface area contributed by atoms with Gasteiger partial charge in [-0.25, -0.2) is 0 Å². The molecule has 0 bridgehead atoms. The average molecular weight is 272 g/mol. The third-order valence-corrected chi connectivity index (χ3v) is 3.48. The normalized spacial score (nSPS) is 18.6. The second-order valence-corrected chi connectivity index (χ2v) is 5.08. The van der Waals surface area contributed by atoms with E-state index in [4.69, 9.17) is 10.00 Å². The van der Waals surface area contributed by atoms with Gasteiger partial charge in [0.25, 0.3) is 5.91 Å². The zero-order valence-electron chi connectivity index (χ0n) is 11.8. The number of hydrogen-bond donors (Lipinski definition) is 0. The van der Waals surface area contributed by atoms with Crippen LogP contribution in [0.5, 0.6) is 0 Å². The van der Waals surface area contributed by atoms with Crippen LogP contribution < -0.4 is 0 Å². The molecule has 1 aliphatic rings. The van der Waals surface area contributed by atoms with Gasteiger partial charge in [-0.2, -0.15) is 5.26 Å². The highest BCUT2D eigenvalue weighted by molar-refractivity contribution is 5.94. The minimum Gasteiger partial charge on any atom is -0.376 e. The summed E-state index contributed by atoms with van der Waals surface area (Å²) >= 11 is 0. The molecule has 20 heavy (non-hydrogen) atoms. The Morgan fingerprint density at radius 3 is 2.85 bits per heavy atom. The first-order chi connectivity index (χ1) is 9.74. The van der Waals surface area contributed by atoms with E-state index in [2.05, 4.69) is 13.0 Å². The van der Waals surface area contributed by atoms with Crippen molar-refractivity contribution in [2.75, 3.05) is 19.7 Å². The summed E-state index contributed by atoms with van der Waals surface area (Å²) < 4.78 is 5.75. The van der Waals surface area contributed by atoms with Gasteiger partial charge in [0.2, 0.25) is 0 Å². The molecule has 1 fully saturated rings. The van der Waals surface area contributed by atoms with Crippen molar-refractivity contribution >= 4 is 5.91 Å². The van der Waals surface area contributed by atoms with E-state index in [1.807, 2.05) is 4.90 Å². The van der Waals surface area contributed by atoms with Crippen LogP contribution in [-0.2, 0) is 4.74 Å². The van der Waals surface area contributed by atoms with Crippen LogP contribution in [0, 0.1) is 11.3 Å². The van der Waals surface area contributed by atoms with Crippen molar-refractivity contribution in [3.8, 4) is 6.07 Å². The van der Waals surface area contributed by atoms with E-state index >= 15 is 0 Å². The molecule has 0 saturated carbocycles. The fourth-order valence-electron chi connectivity index (χ4n) is 2.41. The fraction of sp³-hybridized carbons (Fsp3) is 0.500. The summed E-state index contributed by atoms with van der Waals surface area (Å²) in [5.41, 5.74) is 1.21. The van der Waals surface area contributed by atoms with Crippen molar-refractivity contribution in [1.82, 2.24) is 4.90 Å². The lowest BCUT2D eigenvalue weighted by Crippen LogP contribution is -2.43. The van der Waals surface area contributed by atoms with E-state index in [0.717, 1.165) is 32.4 Å². The standard InChI is InChI=1S/C16H20N2O2/c1-2-10-20-15-4-3-9-18(12-15)16(19)14-7-5-13(11-17)6-8-14/h5-8,15H,2-4,9-10,12H2,1H3. The topological polar surface area (TPSA) is 53.3 Å². The Kier molecular flexibility index (Phi) is 5.14. The summed E-state index contributed by atoms with van der Waals surface area (Å²) in [6.45, 7) is 4.29. The van der Waals surface area contributed by atoms with Crippen molar-refractivity contribution in [2.24, 2.45) is 0 Å². The van der Waals surface area contributed by atoms with Gasteiger partial charge in [-0.15, -0.1) is 0 Å². The zero-order chi connectivity index (χ0) is 14.4. The number of rotatable bonds is 4. The number of nitriles is 1. The van der Waals surface area contributed by atoms with Crippen LogP contribution in [0.1, 0.15) is 42.1 Å². The van der Waals surface area contributed by atoms with E-state index < -0.39 is 0 Å². The Balaban J connectivity index is 1.98. The van der Waals surface area contributed by atoms with Gasteiger partial charge in [0.05, 0.1) is 17.7 Å². The molecule has 1 heterocycles. The molecule has 0 radical (unpaired) electrons. The van der Waals surface area contributed by atoms with E-state index in [0.29, 0.717) is 17.7 Å². The molecule has 1 aromatic rings. The minimum absolute atomic E-state index is 0.0271. The van der Waals surface area contributed by atoms with Crippen molar-refractivity contribution in [1.29, 1.82) is 5.26 Å². The number of nitrogens with zero attached hydrogens (tertiary/aromatic N) is 2. The smallest absolute Gasteiger partial charge is 0.253 e. The number of likely N-dealkylation sites (tertiary alicyclic amines) is 1. The van der Waals surface area contributed by atoms with Gasteiger partial charge >= 0.3 is 0 Å². The predicted molar refractivity (Wildman–Crippen MR) is 76.3 cm³/mol. The number of benzene rings is 1. The molecule has 1 amide bonds. The summed E-state index contributed by atoms with van der Waals surface area (Å²) in [5.74, 6) is 0.0271. The Labute approximate surface area is 120 Å². The molecule has 1 unspecified atom stereocenters. The molecule has 0 N–H and O–H groups in total. The van der Waals surface area contributed by atoms with E-state index in [1.165, 1.54) is 0 Å². The zero-order valence-corrected chi connectivity index (χ0v) is 11.8. The predicted octanol–water partition coefficient (Wildman–Crippen LogP) is 2.59. The van der Waals surface area contributed by atoms with Crippen molar-refractivity contribution in [3.05, 3.63) is 35.4 Å². The first kappa shape index (κ1) is 14.5. The first-order valence-electron chi connectivity index (χ1n) is 7.15. The fourth-order valence-corrected chi connectivity index (χ4v) is 2.41. The molecule has 1 aliphatic heterocycles. The minimum atomic E-state index is 0.0271. The van der Waals surface area contributed by atoms with Gasteiger partial charge in [0, 0.05) is 25.3 Å². The van der Waals surface area contributed by atoms with Crippen LogP contribution in [0.4, 0.5) is 0 Å². The second-order valence-electron chi connectivity index (χ2n) is 5.08. The Morgan fingerprint density at radius 1 is 1.45 bits per heavy atom.